The van der Waals surface area contributed by atoms with Crippen molar-refractivity contribution < 1.29 is 14.3 Å². The molecular formula is C18H36N4O3. The predicted octanol–water partition coefficient (Wildman–Crippen LogP) is 2.32. The SMILES string of the molecule is CCNC(=NCCN(C)C(=O)OC(C)(C)C)N1CCC(OCC)CC1. The minimum absolute atomic E-state index is 0.315. The van der Waals surface area contributed by atoms with Crippen LogP contribution in [0.25, 0.3) is 0 Å². The van der Waals surface area contributed by atoms with E-state index < -0.39 is 5.60 Å². The van der Waals surface area contributed by atoms with E-state index in [1.807, 2.05) is 27.7 Å². The van der Waals surface area contributed by atoms with Crippen LogP contribution in [0.3, 0.4) is 0 Å². The van der Waals surface area contributed by atoms with E-state index in [4.69, 9.17) is 9.47 Å². The Morgan fingerprint density at radius 1 is 1.28 bits per heavy atom. The van der Waals surface area contributed by atoms with Crippen LogP contribution in [0.4, 0.5) is 4.79 Å². The van der Waals surface area contributed by atoms with E-state index in [1.54, 1.807) is 11.9 Å². The standard InChI is InChI=1S/C18H36N4O3/c1-7-19-16(22-12-9-15(10-13-22)24-8-2)20-11-14-21(6)17(23)25-18(3,4)5/h15H,7-14H2,1-6H3,(H,19,20). The topological polar surface area (TPSA) is 66.4 Å². The minimum Gasteiger partial charge on any atom is -0.444 e. The van der Waals surface area contributed by atoms with Gasteiger partial charge in [-0.05, 0) is 47.5 Å². The van der Waals surface area contributed by atoms with E-state index in [0.29, 0.717) is 19.2 Å². The first-order valence-corrected chi connectivity index (χ1v) is 9.35. The second-order valence-electron chi connectivity index (χ2n) is 7.28. The Morgan fingerprint density at radius 3 is 2.44 bits per heavy atom. The molecule has 0 bridgehead atoms. The summed E-state index contributed by atoms with van der Waals surface area (Å²) in [4.78, 5) is 20.5. The van der Waals surface area contributed by atoms with Crippen molar-refractivity contribution in [3.63, 3.8) is 0 Å². The Kier molecular flexibility index (Phi) is 9.03. The van der Waals surface area contributed by atoms with Crippen LogP contribution in [0, 0.1) is 0 Å². The van der Waals surface area contributed by atoms with Crippen molar-refractivity contribution in [1.82, 2.24) is 15.1 Å². The summed E-state index contributed by atoms with van der Waals surface area (Å²) >= 11 is 0. The molecule has 0 saturated carbocycles. The third kappa shape index (κ3) is 8.43. The summed E-state index contributed by atoms with van der Waals surface area (Å²) in [6.07, 6.45) is 2.10. The Labute approximate surface area is 152 Å². The number of amides is 1. The molecule has 0 aromatic rings. The van der Waals surface area contributed by atoms with Gasteiger partial charge in [-0.1, -0.05) is 0 Å². The summed E-state index contributed by atoms with van der Waals surface area (Å²) in [6, 6.07) is 0. The number of piperidine rings is 1. The van der Waals surface area contributed by atoms with Crippen LogP contribution in [0.2, 0.25) is 0 Å². The number of ether oxygens (including phenoxy) is 2. The zero-order chi connectivity index (χ0) is 18.9. The molecule has 1 amide bonds. The normalized spacial score (nSPS) is 16.7. The van der Waals surface area contributed by atoms with Gasteiger partial charge >= 0.3 is 6.09 Å². The van der Waals surface area contributed by atoms with Gasteiger partial charge in [0.2, 0.25) is 0 Å². The van der Waals surface area contributed by atoms with Crippen molar-refractivity contribution in [2.24, 2.45) is 4.99 Å². The predicted molar refractivity (Wildman–Crippen MR) is 101 cm³/mol. The van der Waals surface area contributed by atoms with E-state index in [1.165, 1.54) is 0 Å². The molecule has 1 N–H and O–H groups in total. The lowest BCUT2D eigenvalue weighted by molar-refractivity contribution is 0.0261. The molecule has 146 valence electrons. The zero-order valence-electron chi connectivity index (χ0n) is 16.8. The van der Waals surface area contributed by atoms with E-state index in [9.17, 15) is 4.79 Å². The van der Waals surface area contributed by atoms with Gasteiger partial charge < -0.3 is 24.6 Å². The lowest BCUT2D eigenvalue weighted by Crippen LogP contribution is -2.47. The first-order chi connectivity index (χ1) is 11.8. The van der Waals surface area contributed by atoms with Crippen molar-refractivity contribution >= 4 is 12.1 Å². The van der Waals surface area contributed by atoms with Crippen LogP contribution in [-0.4, -0.2) is 79.9 Å². The second-order valence-corrected chi connectivity index (χ2v) is 7.28. The quantitative estimate of drug-likeness (QED) is 0.584. The fraction of sp³-hybridized carbons (Fsp3) is 0.889. The smallest absolute Gasteiger partial charge is 0.410 e. The monoisotopic (exact) mass is 356 g/mol. The number of aliphatic imine (C=N–C) groups is 1. The van der Waals surface area contributed by atoms with Crippen molar-refractivity contribution in [1.29, 1.82) is 0 Å². The van der Waals surface area contributed by atoms with Crippen LogP contribution in [-0.2, 0) is 9.47 Å². The minimum atomic E-state index is -0.478. The summed E-state index contributed by atoms with van der Waals surface area (Å²) in [5.74, 6) is 0.912. The zero-order valence-corrected chi connectivity index (χ0v) is 16.8. The number of rotatable bonds is 6. The molecule has 25 heavy (non-hydrogen) atoms. The molecule has 0 aromatic heterocycles. The fourth-order valence-electron chi connectivity index (χ4n) is 2.63. The first-order valence-electron chi connectivity index (χ1n) is 9.35. The number of nitrogens with one attached hydrogen (secondary N) is 1. The molecule has 0 aromatic carbocycles. The summed E-state index contributed by atoms with van der Waals surface area (Å²) in [5.41, 5.74) is -0.478. The average Bonchev–Trinajstić information content (AvgIpc) is 2.53. The van der Waals surface area contributed by atoms with Gasteiger partial charge in [-0.3, -0.25) is 4.99 Å². The molecule has 7 heteroatoms. The number of carbonyl (C=O) groups excluding carboxylic acids is 1. The number of likely N-dealkylation sites (N-methyl/N-ethyl adjacent to an activating group) is 1. The Hall–Kier alpha value is -1.50. The highest BCUT2D eigenvalue weighted by atomic mass is 16.6. The highest BCUT2D eigenvalue weighted by Gasteiger charge is 2.22. The first kappa shape index (κ1) is 21.5. The second kappa shape index (κ2) is 10.5. The van der Waals surface area contributed by atoms with E-state index in [0.717, 1.165) is 45.0 Å². The summed E-state index contributed by atoms with van der Waals surface area (Å²) < 4.78 is 11.1. The Balaban J connectivity index is 2.49. The lowest BCUT2D eigenvalue weighted by Gasteiger charge is -2.34. The molecule has 0 spiro atoms. The molecule has 7 nitrogen and oxygen atoms in total. The highest BCUT2D eigenvalue weighted by molar-refractivity contribution is 5.80. The van der Waals surface area contributed by atoms with E-state index in [-0.39, 0.29) is 6.09 Å². The number of hydrogen-bond acceptors (Lipinski definition) is 4. The molecule has 1 saturated heterocycles. The Bertz CT molecular complexity index is 427. The number of hydrogen-bond donors (Lipinski definition) is 1. The molecular weight excluding hydrogens is 320 g/mol. The van der Waals surface area contributed by atoms with Gasteiger partial charge in [0.15, 0.2) is 5.96 Å². The molecule has 1 aliphatic heterocycles. The highest BCUT2D eigenvalue weighted by Crippen LogP contribution is 2.14. The van der Waals surface area contributed by atoms with Gasteiger partial charge in [0.25, 0.3) is 0 Å². The number of likely N-dealkylation sites (tertiary alicyclic amines) is 1. The summed E-state index contributed by atoms with van der Waals surface area (Å²) in [6.45, 7) is 14.3. The molecule has 1 heterocycles. The van der Waals surface area contributed by atoms with Gasteiger partial charge in [0.1, 0.15) is 5.60 Å². The fourth-order valence-corrected chi connectivity index (χ4v) is 2.63. The van der Waals surface area contributed by atoms with Crippen molar-refractivity contribution in [2.75, 3.05) is 46.4 Å². The molecule has 1 aliphatic rings. The number of guanidine groups is 1. The molecule has 0 unspecified atom stereocenters. The molecule has 0 atom stereocenters. The summed E-state index contributed by atoms with van der Waals surface area (Å²) in [7, 11) is 1.74. The molecule has 1 rings (SSSR count). The average molecular weight is 357 g/mol. The molecule has 0 aliphatic carbocycles. The van der Waals surface area contributed by atoms with E-state index >= 15 is 0 Å². The van der Waals surface area contributed by atoms with Crippen molar-refractivity contribution in [3.05, 3.63) is 0 Å². The lowest BCUT2D eigenvalue weighted by atomic mass is 10.1. The Morgan fingerprint density at radius 2 is 1.92 bits per heavy atom. The van der Waals surface area contributed by atoms with Crippen molar-refractivity contribution in [2.45, 2.75) is 59.2 Å². The van der Waals surface area contributed by atoms with Crippen LogP contribution < -0.4 is 5.32 Å². The van der Waals surface area contributed by atoms with Crippen molar-refractivity contribution in [3.8, 4) is 0 Å². The maximum absolute atomic E-state index is 12.0. The number of carbonyl (C=O) groups is 1. The van der Waals surface area contributed by atoms with Crippen LogP contribution in [0.15, 0.2) is 4.99 Å². The van der Waals surface area contributed by atoms with Crippen LogP contribution >= 0.6 is 0 Å². The molecule has 1 fully saturated rings. The largest absolute Gasteiger partial charge is 0.444 e. The number of nitrogens with zero attached hydrogens (tertiary/aromatic N) is 3. The van der Waals surface area contributed by atoms with Crippen LogP contribution in [0.1, 0.15) is 47.5 Å². The maximum Gasteiger partial charge on any atom is 0.410 e. The van der Waals surface area contributed by atoms with E-state index in [2.05, 4.69) is 22.1 Å². The third-order valence-electron chi connectivity index (χ3n) is 3.88. The maximum atomic E-state index is 12.0. The molecule has 0 radical (unpaired) electrons. The van der Waals surface area contributed by atoms with Crippen LogP contribution in [0.5, 0.6) is 0 Å². The van der Waals surface area contributed by atoms with Gasteiger partial charge in [-0.15, -0.1) is 0 Å². The summed E-state index contributed by atoms with van der Waals surface area (Å²) in [5, 5.41) is 3.34. The van der Waals surface area contributed by atoms with Gasteiger partial charge in [-0.25, -0.2) is 4.79 Å². The van der Waals surface area contributed by atoms with Gasteiger partial charge in [-0.2, -0.15) is 0 Å². The van der Waals surface area contributed by atoms with Gasteiger partial charge in [0, 0.05) is 39.8 Å². The van der Waals surface area contributed by atoms with Gasteiger partial charge in [0.05, 0.1) is 12.6 Å². The third-order valence-corrected chi connectivity index (χ3v) is 3.88.